The molecule has 3 N–H and O–H groups in total. The van der Waals surface area contributed by atoms with Crippen molar-refractivity contribution in [2.45, 2.75) is 32.4 Å². The first kappa shape index (κ1) is 17.7. The molecule has 0 aliphatic rings. The van der Waals surface area contributed by atoms with Gasteiger partial charge in [0.2, 0.25) is 5.91 Å². The van der Waals surface area contributed by atoms with Crippen LogP contribution in [-0.2, 0) is 14.3 Å². The van der Waals surface area contributed by atoms with Crippen LogP contribution < -0.4 is 11.1 Å². The lowest BCUT2D eigenvalue weighted by molar-refractivity contribution is -0.141. The summed E-state index contributed by atoms with van der Waals surface area (Å²) in [5.74, 6) is -0.305. The minimum absolute atomic E-state index is 0.00350. The molecule has 0 saturated heterocycles. The number of ether oxygens (including phenoxy) is 1. The quantitative estimate of drug-likeness (QED) is 0.651. The molecular weight excluding hydrogens is 266 g/mol. The third-order valence-corrected chi connectivity index (χ3v) is 3.88. The molecule has 7 heteroatoms. The fourth-order valence-corrected chi connectivity index (χ4v) is 1.89. The topological polar surface area (TPSA) is 105 Å². The highest BCUT2D eigenvalue weighted by molar-refractivity contribution is 8.00. The van der Waals surface area contributed by atoms with Crippen LogP contribution in [0.3, 0.4) is 0 Å². The zero-order valence-electron chi connectivity index (χ0n) is 11.7. The van der Waals surface area contributed by atoms with Gasteiger partial charge < -0.3 is 15.8 Å². The smallest absolute Gasteiger partial charge is 0.323 e. The van der Waals surface area contributed by atoms with E-state index in [0.717, 1.165) is 0 Å². The summed E-state index contributed by atoms with van der Waals surface area (Å²) in [7, 11) is 1.26. The van der Waals surface area contributed by atoms with Crippen molar-refractivity contribution in [2.24, 2.45) is 11.7 Å². The van der Waals surface area contributed by atoms with Crippen molar-refractivity contribution in [1.29, 1.82) is 5.26 Å². The van der Waals surface area contributed by atoms with Crippen LogP contribution in [0.15, 0.2) is 0 Å². The van der Waals surface area contributed by atoms with Gasteiger partial charge in [-0.25, -0.2) is 0 Å². The highest BCUT2D eigenvalue weighted by Gasteiger charge is 2.29. The van der Waals surface area contributed by atoms with Gasteiger partial charge in [0.25, 0.3) is 0 Å². The molecule has 2 unspecified atom stereocenters. The van der Waals surface area contributed by atoms with Crippen LogP contribution in [0.5, 0.6) is 0 Å². The van der Waals surface area contributed by atoms with Crippen LogP contribution in [0.25, 0.3) is 0 Å². The van der Waals surface area contributed by atoms with Crippen molar-refractivity contribution in [3.8, 4) is 6.07 Å². The zero-order chi connectivity index (χ0) is 15.1. The normalized spacial score (nSPS) is 15.2. The van der Waals surface area contributed by atoms with Crippen LogP contribution in [0.2, 0.25) is 0 Å². The zero-order valence-corrected chi connectivity index (χ0v) is 12.5. The molecule has 0 aromatic heterocycles. The maximum atomic E-state index is 11.7. The molecule has 0 bridgehead atoms. The molecule has 19 heavy (non-hydrogen) atoms. The van der Waals surface area contributed by atoms with Crippen molar-refractivity contribution in [2.75, 3.05) is 18.6 Å². The van der Waals surface area contributed by atoms with E-state index in [-0.39, 0.29) is 17.6 Å². The van der Waals surface area contributed by atoms with Gasteiger partial charge in [-0.2, -0.15) is 5.26 Å². The minimum atomic E-state index is -0.887. The van der Waals surface area contributed by atoms with Gasteiger partial charge in [-0.1, -0.05) is 13.8 Å². The SMILES string of the molecule is COC(=O)C(N)CSCC(=O)NC(C)(C#N)C(C)C. The Hall–Kier alpha value is -1.26. The summed E-state index contributed by atoms with van der Waals surface area (Å²) in [6, 6.07) is 1.35. The molecule has 6 nitrogen and oxygen atoms in total. The number of nitrogens with zero attached hydrogens (tertiary/aromatic N) is 1. The molecule has 2 atom stereocenters. The van der Waals surface area contributed by atoms with E-state index < -0.39 is 17.6 Å². The number of nitrogens with two attached hydrogens (primary N) is 1. The van der Waals surface area contributed by atoms with Gasteiger partial charge >= 0.3 is 5.97 Å². The third kappa shape index (κ3) is 5.94. The Kier molecular flexibility index (Phi) is 7.49. The highest BCUT2D eigenvalue weighted by atomic mass is 32.2. The highest BCUT2D eigenvalue weighted by Crippen LogP contribution is 2.15. The minimum Gasteiger partial charge on any atom is -0.468 e. The molecule has 0 fully saturated rings. The van der Waals surface area contributed by atoms with Gasteiger partial charge in [-0.05, 0) is 12.8 Å². The second-order valence-corrected chi connectivity index (χ2v) is 5.69. The summed E-state index contributed by atoms with van der Waals surface area (Å²) in [5.41, 5.74) is 4.65. The van der Waals surface area contributed by atoms with Gasteiger partial charge in [0.05, 0.1) is 18.9 Å². The van der Waals surface area contributed by atoms with Crippen LogP contribution in [0, 0.1) is 17.2 Å². The average molecular weight is 287 g/mol. The molecule has 1 amide bonds. The summed E-state index contributed by atoms with van der Waals surface area (Å²) < 4.78 is 4.48. The lowest BCUT2D eigenvalue weighted by Crippen LogP contribution is -2.49. The fourth-order valence-electron chi connectivity index (χ4n) is 1.13. The number of nitriles is 1. The summed E-state index contributed by atoms with van der Waals surface area (Å²) >= 11 is 1.23. The van der Waals surface area contributed by atoms with E-state index in [4.69, 9.17) is 11.0 Å². The predicted octanol–water partition coefficient (Wildman–Crippen LogP) is 0.274. The van der Waals surface area contributed by atoms with Crippen molar-refractivity contribution < 1.29 is 14.3 Å². The number of amides is 1. The van der Waals surface area contributed by atoms with E-state index in [1.807, 2.05) is 13.8 Å². The Morgan fingerprint density at radius 3 is 2.53 bits per heavy atom. The predicted molar refractivity (Wildman–Crippen MR) is 74.3 cm³/mol. The second-order valence-electron chi connectivity index (χ2n) is 4.66. The second kappa shape index (κ2) is 8.02. The van der Waals surface area contributed by atoms with Gasteiger partial charge in [-0.3, -0.25) is 9.59 Å². The number of methoxy groups -OCH3 is 1. The first-order chi connectivity index (χ1) is 8.76. The van der Waals surface area contributed by atoms with Crippen LogP contribution in [-0.4, -0.2) is 42.1 Å². The Balaban J connectivity index is 4.14. The van der Waals surface area contributed by atoms with E-state index in [1.54, 1.807) is 6.92 Å². The Bertz CT molecular complexity index is 368. The maximum Gasteiger partial charge on any atom is 0.323 e. The molecule has 0 aromatic carbocycles. The van der Waals surface area contributed by atoms with E-state index in [0.29, 0.717) is 5.75 Å². The van der Waals surface area contributed by atoms with Gasteiger partial charge in [0, 0.05) is 5.75 Å². The lowest BCUT2D eigenvalue weighted by atomic mass is 9.90. The van der Waals surface area contributed by atoms with E-state index in [2.05, 4.69) is 16.1 Å². The van der Waals surface area contributed by atoms with Crippen molar-refractivity contribution >= 4 is 23.6 Å². The van der Waals surface area contributed by atoms with Gasteiger partial charge in [-0.15, -0.1) is 11.8 Å². The maximum absolute atomic E-state index is 11.7. The number of carbonyl (C=O) groups is 2. The first-order valence-electron chi connectivity index (χ1n) is 5.90. The largest absolute Gasteiger partial charge is 0.468 e. The molecule has 0 radical (unpaired) electrons. The van der Waals surface area contributed by atoms with Crippen molar-refractivity contribution in [1.82, 2.24) is 5.32 Å². The number of esters is 1. The number of hydrogen-bond acceptors (Lipinski definition) is 6. The molecule has 0 aromatic rings. The fraction of sp³-hybridized carbons (Fsp3) is 0.750. The third-order valence-electron chi connectivity index (χ3n) is 2.82. The molecule has 0 saturated carbocycles. The Labute approximate surface area is 118 Å². The Morgan fingerprint density at radius 2 is 2.11 bits per heavy atom. The van der Waals surface area contributed by atoms with Crippen LogP contribution >= 0.6 is 11.8 Å². The number of nitrogens with one attached hydrogen (secondary N) is 1. The van der Waals surface area contributed by atoms with E-state index in [1.165, 1.54) is 18.9 Å². The monoisotopic (exact) mass is 287 g/mol. The molecule has 0 heterocycles. The summed E-state index contributed by atoms with van der Waals surface area (Å²) in [5, 5.41) is 11.8. The first-order valence-corrected chi connectivity index (χ1v) is 7.05. The molecule has 108 valence electrons. The molecular formula is C12H21N3O3S. The Morgan fingerprint density at radius 1 is 1.53 bits per heavy atom. The standard InChI is InChI=1S/C12H21N3O3S/c1-8(2)12(3,7-13)15-10(16)6-19-5-9(14)11(17)18-4/h8-9H,5-6,14H2,1-4H3,(H,15,16). The van der Waals surface area contributed by atoms with Crippen molar-refractivity contribution in [3.63, 3.8) is 0 Å². The summed E-state index contributed by atoms with van der Waals surface area (Å²) in [6.45, 7) is 5.41. The number of hydrogen-bond donors (Lipinski definition) is 2. The molecule has 0 aliphatic carbocycles. The molecule has 0 spiro atoms. The van der Waals surface area contributed by atoms with Crippen molar-refractivity contribution in [3.05, 3.63) is 0 Å². The van der Waals surface area contributed by atoms with Gasteiger partial charge in [0.1, 0.15) is 11.6 Å². The van der Waals surface area contributed by atoms with Crippen LogP contribution in [0.1, 0.15) is 20.8 Å². The van der Waals surface area contributed by atoms with Crippen LogP contribution in [0.4, 0.5) is 0 Å². The van der Waals surface area contributed by atoms with E-state index in [9.17, 15) is 9.59 Å². The number of rotatable bonds is 7. The lowest BCUT2D eigenvalue weighted by Gasteiger charge is -2.27. The van der Waals surface area contributed by atoms with E-state index >= 15 is 0 Å². The molecule has 0 rings (SSSR count). The average Bonchev–Trinajstić information content (AvgIpc) is 2.36. The summed E-state index contributed by atoms with van der Waals surface area (Å²) in [4.78, 5) is 22.8. The van der Waals surface area contributed by atoms with Gasteiger partial charge in [0.15, 0.2) is 0 Å². The number of thioether (sulfide) groups is 1. The molecule has 0 aliphatic heterocycles. The number of carbonyl (C=O) groups excluding carboxylic acids is 2. The summed E-state index contributed by atoms with van der Waals surface area (Å²) in [6.07, 6.45) is 0.